The molecule has 0 aliphatic rings. The molecule has 1 heterocycles. The molecule has 2 rings (SSSR count). The van der Waals surface area contributed by atoms with Gasteiger partial charge in [0.05, 0.1) is 16.7 Å². The van der Waals surface area contributed by atoms with E-state index < -0.39 is 11.9 Å². The number of halogens is 2. The molecular formula is C14H11ClFN3O. The molecule has 0 saturated carbocycles. The number of aliphatic hydroxyl groups is 1. The number of nitrogens with zero attached hydrogens (tertiary/aromatic N) is 2. The Morgan fingerprint density at radius 2 is 2.20 bits per heavy atom. The zero-order valence-electron chi connectivity index (χ0n) is 10.3. The summed E-state index contributed by atoms with van der Waals surface area (Å²) in [5.41, 5.74) is 0.879. The number of nitriles is 1. The highest BCUT2D eigenvalue weighted by atomic mass is 35.5. The molecule has 0 saturated heterocycles. The van der Waals surface area contributed by atoms with E-state index in [1.165, 1.54) is 18.3 Å². The van der Waals surface area contributed by atoms with Crippen LogP contribution in [0, 0.1) is 17.1 Å². The van der Waals surface area contributed by atoms with Gasteiger partial charge in [-0.25, -0.2) is 9.37 Å². The van der Waals surface area contributed by atoms with Crippen LogP contribution < -0.4 is 5.32 Å². The number of nitrogens with one attached hydrogen (secondary N) is 1. The third kappa shape index (κ3) is 3.44. The van der Waals surface area contributed by atoms with Gasteiger partial charge in [0.25, 0.3) is 0 Å². The summed E-state index contributed by atoms with van der Waals surface area (Å²) in [5.74, 6) is -0.0443. The Kier molecular flexibility index (Phi) is 4.51. The molecule has 0 fully saturated rings. The third-order valence-corrected chi connectivity index (χ3v) is 3.00. The minimum Gasteiger partial charge on any atom is -0.387 e. The highest BCUT2D eigenvalue weighted by Gasteiger charge is 2.10. The molecule has 1 unspecified atom stereocenters. The van der Waals surface area contributed by atoms with Gasteiger partial charge in [0.15, 0.2) is 0 Å². The average molecular weight is 292 g/mol. The van der Waals surface area contributed by atoms with Crippen molar-refractivity contribution >= 4 is 17.4 Å². The van der Waals surface area contributed by atoms with Crippen molar-refractivity contribution in [2.24, 2.45) is 0 Å². The minimum atomic E-state index is -0.890. The molecule has 0 radical (unpaired) electrons. The van der Waals surface area contributed by atoms with E-state index in [2.05, 4.69) is 10.3 Å². The van der Waals surface area contributed by atoms with Crippen LogP contribution in [0.15, 0.2) is 36.5 Å². The van der Waals surface area contributed by atoms with E-state index in [1.807, 2.05) is 6.07 Å². The Hall–Kier alpha value is -2.16. The van der Waals surface area contributed by atoms with Gasteiger partial charge < -0.3 is 10.4 Å². The van der Waals surface area contributed by atoms with Crippen molar-refractivity contribution in [2.45, 2.75) is 6.10 Å². The fourth-order valence-corrected chi connectivity index (χ4v) is 1.72. The molecule has 0 amide bonds. The Balaban J connectivity index is 1.99. The summed E-state index contributed by atoms with van der Waals surface area (Å²) in [5, 5.41) is 21.5. The SMILES string of the molecule is N#Cc1ccc(NCC(O)c2ccc(Cl)c(F)c2)nc1. The quantitative estimate of drug-likeness (QED) is 0.909. The van der Waals surface area contributed by atoms with Gasteiger partial charge in [-0.2, -0.15) is 5.26 Å². The monoisotopic (exact) mass is 291 g/mol. The lowest BCUT2D eigenvalue weighted by atomic mass is 10.1. The van der Waals surface area contributed by atoms with Crippen LogP contribution in [0.4, 0.5) is 10.2 Å². The normalized spacial score (nSPS) is 11.7. The Labute approximate surface area is 120 Å². The summed E-state index contributed by atoms with van der Waals surface area (Å²) in [6, 6.07) is 9.36. The highest BCUT2D eigenvalue weighted by Crippen LogP contribution is 2.20. The molecule has 6 heteroatoms. The van der Waals surface area contributed by atoms with Crippen molar-refractivity contribution in [3.8, 4) is 6.07 Å². The van der Waals surface area contributed by atoms with Gasteiger partial charge in [-0.3, -0.25) is 0 Å². The van der Waals surface area contributed by atoms with Crippen LogP contribution in [-0.2, 0) is 0 Å². The first-order valence-electron chi connectivity index (χ1n) is 5.83. The minimum absolute atomic E-state index is 0.0164. The number of benzene rings is 1. The average Bonchev–Trinajstić information content (AvgIpc) is 2.48. The summed E-state index contributed by atoms with van der Waals surface area (Å²) in [6.45, 7) is 0.167. The Morgan fingerprint density at radius 1 is 1.40 bits per heavy atom. The fourth-order valence-electron chi connectivity index (χ4n) is 1.60. The van der Waals surface area contributed by atoms with Crippen LogP contribution in [0.3, 0.4) is 0 Å². The first-order valence-corrected chi connectivity index (χ1v) is 6.21. The molecule has 0 spiro atoms. The van der Waals surface area contributed by atoms with Crippen LogP contribution in [0.25, 0.3) is 0 Å². The van der Waals surface area contributed by atoms with Crippen molar-refractivity contribution in [2.75, 3.05) is 11.9 Å². The standard InChI is InChI=1S/C14H11ClFN3O/c15-11-3-2-10(5-12(11)16)13(20)8-19-14-4-1-9(6-17)7-18-14/h1-5,7,13,20H,8H2,(H,18,19). The number of aromatic nitrogens is 1. The molecule has 4 nitrogen and oxygen atoms in total. The van der Waals surface area contributed by atoms with Crippen LogP contribution in [0.5, 0.6) is 0 Å². The number of hydrogen-bond donors (Lipinski definition) is 2. The largest absolute Gasteiger partial charge is 0.387 e. The van der Waals surface area contributed by atoms with Gasteiger partial charge in [0, 0.05) is 12.7 Å². The van der Waals surface area contributed by atoms with E-state index in [1.54, 1.807) is 18.2 Å². The molecule has 2 aromatic rings. The molecule has 1 atom stereocenters. The van der Waals surface area contributed by atoms with E-state index in [-0.39, 0.29) is 11.6 Å². The number of anilines is 1. The van der Waals surface area contributed by atoms with Crippen LogP contribution in [-0.4, -0.2) is 16.6 Å². The van der Waals surface area contributed by atoms with Gasteiger partial charge in [0.1, 0.15) is 17.7 Å². The van der Waals surface area contributed by atoms with Crippen molar-refractivity contribution in [3.05, 3.63) is 58.5 Å². The van der Waals surface area contributed by atoms with E-state index in [4.69, 9.17) is 16.9 Å². The van der Waals surface area contributed by atoms with Crippen LogP contribution >= 0.6 is 11.6 Å². The highest BCUT2D eigenvalue weighted by molar-refractivity contribution is 6.30. The maximum absolute atomic E-state index is 13.3. The van der Waals surface area contributed by atoms with Crippen molar-refractivity contribution in [3.63, 3.8) is 0 Å². The fraction of sp³-hybridized carbons (Fsp3) is 0.143. The third-order valence-electron chi connectivity index (χ3n) is 2.70. The zero-order valence-corrected chi connectivity index (χ0v) is 11.1. The summed E-state index contributed by atoms with van der Waals surface area (Å²) >= 11 is 5.58. The number of rotatable bonds is 4. The van der Waals surface area contributed by atoms with E-state index in [0.717, 1.165) is 0 Å². The topological polar surface area (TPSA) is 68.9 Å². The Bertz CT molecular complexity index is 640. The lowest BCUT2D eigenvalue weighted by molar-refractivity contribution is 0.191. The van der Waals surface area contributed by atoms with E-state index in [0.29, 0.717) is 16.9 Å². The number of hydrogen-bond acceptors (Lipinski definition) is 4. The predicted molar refractivity (Wildman–Crippen MR) is 73.8 cm³/mol. The molecule has 0 aliphatic heterocycles. The lowest BCUT2D eigenvalue weighted by Crippen LogP contribution is -2.13. The number of pyridine rings is 1. The van der Waals surface area contributed by atoms with Crippen LogP contribution in [0.1, 0.15) is 17.2 Å². The van der Waals surface area contributed by atoms with E-state index >= 15 is 0 Å². The molecule has 20 heavy (non-hydrogen) atoms. The van der Waals surface area contributed by atoms with Gasteiger partial charge in [-0.1, -0.05) is 17.7 Å². The summed E-state index contributed by atoms with van der Waals surface area (Å²) in [4.78, 5) is 4.01. The van der Waals surface area contributed by atoms with Crippen molar-refractivity contribution in [1.82, 2.24) is 4.98 Å². The van der Waals surface area contributed by atoms with Crippen LogP contribution in [0.2, 0.25) is 5.02 Å². The zero-order chi connectivity index (χ0) is 14.5. The lowest BCUT2D eigenvalue weighted by Gasteiger charge is -2.13. The first-order chi connectivity index (χ1) is 9.60. The second kappa shape index (κ2) is 6.33. The van der Waals surface area contributed by atoms with E-state index in [9.17, 15) is 9.50 Å². The molecule has 2 N–H and O–H groups in total. The molecular weight excluding hydrogens is 281 g/mol. The Morgan fingerprint density at radius 3 is 2.80 bits per heavy atom. The second-order valence-electron chi connectivity index (χ2n) is 4.11. The predicted octanol–water partition coefficient (Wildman–Crippen LogP) is 2.89. The van der Waals surface area contributed by atoms with Crippen molar-refractivity contribution in [1.29, 1.82) is 5.26 Å². The summed E-state index contributed by atoms with van der Waals surface area (Å²) < 4.78 is 13.3. The molecule has 1 aromatic carbocycles. The smallest absolute Gasteiger partial charge is 0.142 e. The molecule has 1 aromatic heterocycles. The van der Waals surface area contributed by atoms with Gasteiger partial charge in [0.2, 0.25) is 0 Å². The summed E-state index contributed by atoms with van der Waals surface area (Å²) in [6.07, 6.45) is 0.538. The maximum atomic E-state index is 13.3. The second-order valence-corrected chi connectivity index (χ2v) is 4.52. The number of aliphatic hydroxyl groups excluding tert-OH is 1. The van der Waals surface area contributed by atoms with Gasteiger partial charge in [-0.15, -0.1) is 0 Å². The summed E-state index contributed by atoms with van der Waals surface area (Å²) in [7, 11) is 0. The maximum Gasteiger partial charge on any atom is 0.142 e. The van der Waals surface area contributed by atoms with Gasteiger partial charge in [-0.05, 0) is 29.8 Å². The first kappa shape index (κ1) is 14.3. The molecule has 102 valence electrons. The molecule has 0 aliphatic carbocycles. The van der Waals surface area contributed by atoms with Gasteiger partial charge >= 0.3 is 0 Å². The van der Waals surface area contributed by atoms with Crippen molar-refractivity contribution < 1.29 is 9.50 Å². The molecule has 0 bridgehead atoms.